The van der Waals surface area contributed by atoms with E-state index in [0.717, 1.165) is 6.26 Å². The fraction of sp³-hybridized carbons (Fsp3) is 0.222. The number of carbonyl (C=O) groups excluding carboxylic acids is 1. The molecule has 1 amide bonds. The molecule has 0 aliphatic heterocycles. The molecule has 2 aromatic carbocycles. The summed E-state index contributed by atoms with van der Waals surface area (Å²) in [5.74, 6) is -1.12. The molecule has 0 aliphatic rings. The molecular formula is C18H19FN2O4S. The zero-order valence-corrected chi connectivity index (χ0v) is 15.4. The Kier molecular flexibility index (Phi) is 6.10. The van der Waals surface area contributed by atoms with Crippen LogP contribution in [0, 0.1) is 5.82 Å². The van der Waals surface area contributed by atoms with Gasteiger partial charge < -0.3 is 4.74 Å². The number of amides is 1. The Labute approximate surface area is 151 Å². The van der Waals surface area contributed by atoms with E-state index in [0.29, 0.717) is 11.3 Å². The number of benzene rings is 2. The van der Waals surface area contributed by atoms with Crippen LogP contribution >= 0.6 is 0 Å². The summed E-state index contributed by atoms with van der Waals surface area (Å²) in [5, 5.41) is 3.97. The summed E-state index contributed by atoms with van der Waals surface area (Å²) in [6, 6.07) is 11.9. The number of halogens is 1. The van der Waals surface area contributed by atoms with E-state index in [-0.39, 0.29) is 10.6 Å². The lowest BCUT2D eigenvalue weighted by molar-refractivity contribution is -0.127. The largest absolute Gasteiger partial charge is 0.478 e. The fourth-order valence-corrected chi connectivity index (χ4v) is 2.65. The molecule has 8 heteroatoms. The van der Waals surface area contributed by atoms with Gasteiger partial charge in [-0.2, -0.15) is 5.10 Å². The van der Waals surface area contributed by atoms with E-state index in [4.69, 9.17) is 4.74 Å². The molecule has 0 spiro atoms. The minimum atomic E-state index is -3.27. The van der Waals surface area contributed by atoms with Crippen LogP contribution in [-0.4, -0.2) is 32.4 Å². The van der Waals surface area contributed by atoms with Crippen LogP contribution in [0.25, 0.3) is 0 Å². The highest BCUT2D eigenvalue weighted by atomic mass is 32.2. The van der Waals surface area contributed by atoms with Crippen LogP contribution in [0.4, 0.5) is 4.39 Å². The van der Waals surface area contributed by atoms with Crippen molar-refractivity contribution in [1.82, 2.24) is 5.43 Å². The smallest absolute Gasteiger partial charge is 0.280 e. The van der Waals surface area contributed by atoms with Crippen LogP contribution in [-0.2, 0) is 14.6 Å². The number of hydrogen-bond donors (Lipinski definition) is 1. The van der Waals surface area contributed by atoms with Crippen LogP contribution in [0.5, 0.6) is 5.75 Å². The Hall–Kier alpha value is -2.74. The van der Waals surface area contributed by atoms with E-state index >= 15 is 0 Å². The molecule has 0 bridgehead atoms. The number of carbonyl (C=O) groups is 1. The highest BCUT2D eigenvalue weighted by molar-refractivity contribution is 7.90. The monoisotopic (exact) mass is 378 g/mol. The summed E-state index contributed by atoms with van der Waals surface area (Å²) in [7, 11) is -3.27. The van der Waals surface area contributed by atoms with Crippen LogP contribution in [0.2, 0.25) is 0 Å². The van der Waals surface area contributed by atoms with E-state index in [1.54, 1.807) is 25.1 Å². The first-order valence-electron chi connectivity index (χ1n) is 7.74. The highest BCUT2D eigenvalue weighted by Crippen LogP contribution is 2.17. The Morgan fingerprint density at radius 2 is 1.77 bits per heavy atom. The Morgan fingerprint density at radius 1 is 1.15 bits per heavy atom. The zero-order chi connectivity index (χ0) is 19.3. The number of para-hydroxylation sites is 1. The van der Waals surface area contributed by atoms with E-state index in [1.165, 1.54) is 37.3 Å². The van der Waals surface area contributed by atoms with Gasteiger partial charge in [-0.05, 0) is 43.7 Å². The molecule has 2 rings (SSSR count). The number of hydrogen-bond acceptors (Lipinski definition) is 5. The van der Waals surface area contributed by atoms with Gasteiger partial charge in [0, 0.05) is 6.26 Å². The van der Waals surface area contributed by atoms with Gasteiger partial charge in [0.1, 0.15) is 0 Å². The summed E-state index contributed by atoms with van der Waals surface area (Å²) in [4.78, 5) is 12.2. The highest BCUT2D eigenvalue weighted by Gasteiger charge is 2.16. The van der Waals surface area contributed by atoms with Crippen LogP contribution in [0.3, 0.4) is 0 Å². The van der Waals surface area contributed by atoms with Crippen molar-refractivity contribution >= 4 is 21.5 Å². The lowest BCUT2D eigenvalue weighted by Gasteiger charge is -2.13. The second kappa shape index (κ2) is 8.09. The Balaban J connectivity index is 2.01. The van der Waals surface area contributed by atoms with Gasteiger partial charge in [0.05, 0.1) is 10.6 Å². The molecule has 0 unspecified atom stereocenters. The summed E-state index contributed by atoms with van der Waals surface area (Å²) in [6.45, 7) is 3.14. The average molecular weight is 378 g/mol. The third-order valence-electron chi connectivity index (χ3n) is 3.54. The van der Waals surface area contributed by atoms with Crippen molar-refractivity contribution in [3.8, 4) is 5.75 Å². The zero-order valence-electron chi connectivity index (χ0n) is 14.6. The molecule has 0 saturated heterocycles. The molecule has 2 aromatic rings. The van der Waals surface area contributed by atoms with E-state index in [2.05, 4.69) is 10.5 Å². The lowest BCUT2D eigenvalue weighted by Crippen LogP contribution is -2.34. The van der Waals surface area contributed by atoms with Gasteiger partial charge in [-0.3, -0.25) is 4.79 Å². The molecule has 6 nitrogen and oxygen atoms in total. The molecule has 0 aliphatic carbocycles. The van der Waals surface area contributed by atoms with Crippen molar-refractivity contribution in [2.24, 2.45) is 5.10 Å². The average Bonchev–Trinajstić information content (AvgIpc) is 2.60. The molecular weight excluding hydrogens is 359 g/mol. The number of ether oxygens (including phenoxy) is 1. The first-order valence-corrected chi connectivity index (χ1v) is 9.63. The number of nitrogens with one attached hydrogen (secondary N) is 1. The van der Waals surface area contributed by atoms with Crippen molar-refractivity contribution < 1.29 is 22.3 Å². The normalized spacial score (nSPS) is 13.2. The Morgan fingerprint density at radius 3 is 2.35 bits per heavy atom. The van der Waals surface area contributed by atoms with Gasteiger partial charge in [0.2, 0.25) is 0 Å². The second-order valence-electron chi connectivity index (χ2n) is 5.66. The Bertz CT molecular complexity index is 924. The van der Waals surface area contributed by atoms with E-state index in [1.807, 2.05) is 0 Å². The predicted molar refractivity (Wildman–Crippen MR) is 96.4 cm³/mol. The van der Waals surface area contributed by atoms with Crippen molar-refractivity contribution in [2.75, 3.05) is 6.26 Å². The van der Waals surface area contributed by atoms with Gasteiger partial charge in [0.15, 0.2) is 27.5 Å². The second-order valence-corrected chi connectivity index (χ2v) is 7.68. The maximum Gasteiger partial charge on any atom is 0.280 e. The summed E-state index contributed by atoms with van der Waals surface area (Å²) >= 11 is 0. The quantitative estimate of drug-likeness (QED) is 0.618. The maximum absolute atomic E-state index is 13.5. The van der Waals surface area contributed by atoms with E-state index in [9.17, 15) is 17.6 Å². The number of nitrogens with zero attached hydrogens (tertiary/aromatic N) is 1. The molecule has 0 saturated carbocycles. The molecule has 0 radical (unpaired) electrons. The van der Waals surface area contributed by atoms with Gasteiger partial charge in [-0.25, -0.2) is 18.2 Å². The van der Waals surface area contributed by atoms with Gasteiger partial charge >= 0.3 is 0 Å². The number of sulfone groups is 1. The van der Waals surface area contributed by atoms with Crippen molar-refractivity contribution in [3.05, 3.63) is 59.9 Å². The van der Waals surface area contributed by atoms with Crippen LogP contribution in [0.15, 0.2) is 58.5 Å². The SMILES string of the molecule is C/C(=N/NC(=O)[C@@H](C)Oc1ccccc1F)c1ccc(S(C)(=O)=O)cc1. The van der Waals surface area contributed by atoms with Gasteiger partial charge in [-0.1, -0.05) is 24.3 Å². The van der Waals surface area contributed by atoms with Crippen molar-refractivity contribution in [2.45, 2.75) is 24.8 Å². The lowest BCUT2D eigenvalue weighted by atomic mass is 10.1. The van der Waals surface area contributed by atoms with Crippen LogP contribution in [0.1, 0.15) is 19.4 Å². The molecule has 26 heavy (non-hydrogen) atoms. The van der Waals surface area contributed by atoms with Gasteiger partial charge in [-0.15, -0.1) is 0 Å². The standard InChI is InChI=1S/C18H19FN2O4S/c1-12(14-8-10-15(11-9-14)26(3,23)24)20-21-18(22)13(2)25-17-7-5-4-6-16(17)19/h4-11,13H,1-3H3,(H,21,22)/b20-12-/t13-/m1/s1. The summed E-state index contributed by atoms with van der Waals surface area (Å²) < 4.78 is 41.7. The third kappa shape index (κ3) is 5.13. The summed E-state index contributed by atoms with van der Waals surface area (Å²) in [6.07, 6.45) is 0.177. The number of hydrazone groups is 1. The molecule has 0 fully saturated rings. The van der Waals surface area contributed by atoms with Crippen LogP contribution < -0.4 is 10.2 Å². The molecule has 138 valence electrons. The third-order valence-corrected chi connectivity index (χ3v) is 4.67. The fourth-order valence-electron chi connectivity index (χ4n) is 2.02. The molecule has 0 heterocycles. The van der Waals surface area contributed by atoms with Crippen molar-refractivity contribution in [3.63, 3.8) is 0 Å². The predicted octanol–water partition coefficient (Wildman–Crippen LogP) is 2.54. The first-order chi connectivity index (χ1) is 12.2. The number of rotatable bonds is 6. The van der Waals surface area contributed by atoms with Crippen molar-refractivity contribution in [1.29, 1.82) is 0 Å². The molecule has 1 atom stereocenters. The van der Waals surface area contributed by atoms with E-state index < -0.39 is 27.7 Å². The first kappa shape index (κ1) is 19.6. The molecule has 0 aromatic heterocycles. The molecule has 1 N–H and O–H groups in total. The topological polar surface area (TPSA) is 84.8 Å². The minimum absolute atomic E-state index is 0.0211. The summed E-state index contributed by atoms with van der Waals surface area (Å²) in [5.41, 5.74) is 3.48. The maximum atomic E-state index is 13.5. The van der Waals surface area contributed by atoms with Gasteiger partial charge in [0.25, 0.3) is 5.91 Å². The minimum Gasteiger partial charge on any atom is -0.478 e.